The normalized spacial score (nSPS) is 19.5. The summed E-state index contributed by atoms with van der Waals surface area (Å²) in [6.07, 6.45) is 0. The van der Waals surface area contributed by atoms with Crippen molar-refractivity contribution in [2.75, 3.05) is 18.5 Å². The number of rotatable bonds is 2. The number of carbonyl (C=O) groups excluding carboxylic acids is 2. The number of anilines is 1. The van der Waals surface area contributed by atoms with Gasteiger partial charge in [-0.25, -0.2) is 4.79 Å². The van der Waals surface area contributed by atoms with Crippen molar-refractivity contribution >= 4 is 17.6 Å². The lowest BCUT2D eigenvalue weighted by atomic mass is 9.95. The summed E-state index contributed by atoms with van der Waals surface area (Å²) in [7, 11) is 1.72. The molecule has 3 amide bonds. The van der Waals surface area contributed by atoms with Crippen molar-refractivity contribution in [1.29, 1.82) is 0 Å². The number of hydrogen-bond donors (Lipinski definition) is 1. The van der Waals surface area contributed by atoms with Crippen molar-refractivity contribution in [1.82, 2.24) is 10.2 Å². The minimum absolute atomic E-state index is 0.0503. The van der Waals surface area contributed by atoms with Gasteiger partial charge in [-0.3, -0.25) is 9.69 Å². The van der Waals surface area contributed by atoms with Gasteiger partial charge in [-0.1, -0.05) is 35.9 Å². The van der Waals surface area contributed by atoms with Crippen molar-refractivity contribution in [2.45, 2.75) is 26.8 Å². The molecule has 0 aliphatic carbocycles. The molecule has 2 heterocycles. The Morgan fingerprint density at radius 3 is 2.33 bits per heavy atom. The van der Waals surface area contributed by atoms with Crippen LogP contribution in [0.5, 0.6) is 0 Å². The number of nitrogens with one attached hydrogen (secondary N) is 1. The van der Waals surface area contributed by atoms with Crippen molar-refractivity contribution in [3.8, 4) is 0 Å². The van der Waals surface area contributed by atoms with E-state index in [2.05, 4.69) is 12.2 Å². The van der Waals surface area contributed by atoms with E-state index in [9.17, 15) is 9.59 Å². The average Bonchev–Trinajstić information content (AvgIpc) is 2.99. The van der Waals surface area contributed by atoms with E-state index >= 15 is 0 Å². The first-order chi connectivity index (χ1) is 12.9. The monoisotopic (exact) mass is 361 g/mol. The molecule has 2 aromatic carbocycles. The molecule has 0 radical (unpaired) electrons. The Balaban J connectivity index is 1.76. The van der Waals surface area contributed by atoms with Crippen LogP contribution in [0.1, 0.15) is 28.3 Å². The Labute approximate surface area is 159 Å². The molecular weight excluding hydrogens is 338 g/mol. The largest absolute Gasteiger partial charge is 0.327 e. The van der Waals surface area contributed by atoms with Gasteiger partial charge in [-0.15, -0.1) is 0 Å². The second kappa shape index (κ2) is 6.27. The summed E-state index contributed by atoms with van der Waals surface area (Å²) in [5.41, 5.74) is 6.68. The highest BCUT2D eigenvalue weighted by Gasteiger charge is 2.43. The first-order valence-corrected chi connectivity index (χ1v) is 9.10. The first kappa shape index (κ1) is 17.3. The highest BCUT2D eigenvalue weighted by molar-refractivity contribution is 6.11. The molecule has 2 aliphatic rings. The van der Waals surface area contributed by atoms with Gasteiger partial charge in [0.2, 0.25) is 0 Å². The first-order valence-electron chi connectivity index (χ1n) is 9.10. The maximum Gasteiger partial charge on any atom is 0.322 e. The van der Waals surface area contributed by atoms with Gasteiger partial charge in [0.1, 0.15) is 0 Å². The van der Waals surface area contributed by atoms with E-state index in [-0.39, 0.29) is 11.9 Å². The molecule has 0 saturated carbocycles. The van der Waals surface area contributed by atoms with Gasteiger partial charge in [0, 0.05) is 12.7 Å². The smallest absolute Gasteiger partial charge is 0.322 e. The Kier molecular flexibility index (Phi) is 4.02. The molecule has 2 aliphatic heterocycles. The summed E-state index contributed by atoms with van der Waals surface area (Å²) in [5, 5.41) is 2.98. The fourth-order valence-electron chi connectivity index (χ4n) is 3.68. The van der Waals surface area contributed by atoms with Crippen LogP contribution >= 0.6 is 0 Å². The number of carbonyl (C=O) groups is 2. The van der Waals surface area contributed by atoms with Crippen molar-refractivity contribution in [2.24, 2.45) is 0 Å². The zero-order valence-corrected chi connectivity index (χ0v) is 16.0. The quantitative estimate of drug-likeness (QED) is 0.888. The summed E-state index contributed by atoms with van der Waals surface area (Å²) < 4.78 is 0. The zero-order chi connectivity index (χ0) is 19.3. The van der Waals surface area contributed by atoms with Crippen molar-refractivity contribution in [3.63, 3.8) is 0 Å². The van der Waals surface area contributed by atoms with Gasteiger partial charge < -0.3 is 10.2 Å². The topological polar surface area (TPSA) is 52.7 Å². The maximum absolute atomic E-state index is 13.3. The van der Waals surface area contributed by atoms with Crippen LogP contribution in [0.3, 0.4) is 0 Å². The third kappa shape index (κ3) is 2.79. The van der Waals surface area contributed by atoms with Gasteiger partial charge in [-0.2, -0.15) is 0 Å². The molecule has 0 aromatic heterocycles. The lowest BCUT2D eigenvalue weighted by Crippen LogP contribution is -2.45. The van der Waals surface area contributed by atoms with Crippen LogP contribution in [0, 0.1) is 20.8 Å². The number of benzene rings is 2. The second-order valence-corrected chi connectivity index (χ2v) is 7.37. The minimum Gasteiger partial charge on any atom is -0.327 e. The average molecular weight is 361 g/mol. The van der Waals surface area contributed by atoms with E-state index < -0.39 is 6.04 Å². The summed E-state index contributed by atoms with van der Waals surface area (Å²) in [6, 6.07) is 13.4. The number of hydrogen-bond acceptors (Lipinski definition) is 2. The summed E-state index contributed by atoms with van der Waals surface area (Å²) >= 11 is 0. The van der Waals surface area contributed by atoms with Crippen molar-refractivity contribution in [3.05, 3.63) is 76.0 Å². The Morgan fingerprint density at radius 2 is 1.67 bits per heavy atom. The van der Waals surface area contributed by atoms with Crippen LogP contribution in [0.25, 0.3) is 0 Å². The standard InChI is InChI=1S/C22H23N3O2/c1-13-5-8-16(9-6-13)20-19-18(24(4)22(27)23-20)12-25(21(19)26)17-10-7-14(2)15(3)11-17/h5-11,20H,12H2,1-4H3,(H,23,27). The minimum atomic E-state index is -0.423. The molecule has 5 nitrogen and oxygen atoms in total. The highest BCUT2D eigenvalue weighted by atomic mass is 16.2. The number of amides is 3. The second-order valence-electron chi connectivity index (χ2n) is 7.37. The molecule has 138 valence electrons. The van der Waals surface area contributed by atoms with E-state index in [1.807, 2.05) is 56.3 Å². The van der Waals surface area contributed by atoms with Gasteiger partial charge in [0.15, 0.2) is 0 Å². The van der Waals surface area contributed by atoms with E-state index in [0.29, 0.717) is 12.1 Å². The zero-order valence-electron chi connectivity index (χ0n) is 16.0. The Bertz CT molecular complexity index is 976. The third-order valence-corrected chi connectivity index (χ3v) is 5.57. The number of nitrogens with zero attached hydrogens (tertiary/aromatic N) is 2. The fraction of sp³-hybridized carbons (Fsp3) is 0.273. The lowest BCUT2D eigenvalue weighted by Gasteiger charge is -2.31. The third-order valence-electron chi connectivity index (χ3n) is 5.57. The molecule has 0 spiro atoms. The summed E-state index contributed by atoms with van der Waals surface area (Å²) in [6.45, 7) is 6.52. The summed E-state index contributed by atoms with van der Waals surface area (Å²) in [4.78, 5) is 29.1. The summed E-state index contributed by atoms with van der Waals surface area (Å²) in [5.74, 6) is -0.0503. The van der Waals surface area contributed by atoms with Gasteiger partial charge in [0.05, 0.1) is 23.9 Å². The van der Waals surface area contributed by atoms with E-state index in [0.717, 1.165) is 28.1 Å². The van der Waals surface area contributed by atoms with E-state index in [1.54, 1.807) is 16.8 Å². The molecule has 4 rings (SSSR count). The van der Waals surface area contributed by atoms with Crippen LogP contribution in [0.4, 0.5) is 10.5 Å². The molecule has 1 unspecified atom stereocenters. The number of likely N-dealkylation sites (N-methyl/N-ethyl adjacent to an activating group) is 1. The van der Waals surface area contributed by atoms with E-state index in [4.69, 9.17) is 0 Å². The molecule has 1 N–H and O–H groups in total. The molecule has 0 bridgehead atoms. The molecule has 27 heavy (non-hydrogen) atoms. The Morgan fingerprint density at radius 1 is 0.963 bits per heavy atom. The van der Waals surface area contributed by atoms with Crippen LogP contribution < -0.4 is 10.2 Å². The Hall–Kier alpha value is -3.08. The predicted molar refractivity (Wildman–Crippen MR) is 106 cm³/mol. The molecule has 5 heteroatoms. The van der Waals surface area contributed by atoms with Crippen LogP contribution in [0.2, 0.25) is 0 Å². The van der Waals surface area contributed by atoms with Crippen molar-refractivity contribution < 1.29 is 9.59 Å². The van der Waals surface area contributed by atoms with Crippen LogP contribution in [-0.2, 0) is 4.79 Å². The SMILES string of the molecule is Cc1ccc(C2NC(=O)N(C)C3=C2C(=O)N(c2ccc(C)c(C)c2)C3)cc1. The molecular formula is C22H23N3O2. The molecule has 1 atom stereocenters. The molecule has 2 aromatic rings. The van der Waals surface area contributed by atoms with E-state index in [1.165, 1.54) is 5.56 Å². The fourth-order valence-corrected chi connectivity index (χ4v) is 3.68. The number of aryl methyl sites for hydroxylation is 3. The van der Waals surface area contributed by atoms with Gasteiger partial charge in [-0.05, 0) is 49.6 Å². The predicted octanol–water partition coefficient (Wildman–Crippen LogP) is 3.61. The highest BCUT2D eigenvalue weighted by Crippen LogP contribution is 2.37. The molecule has 0 fully saturated rings. The molecule has 0 saturated heterocycles. The van der Waals surface area contributed by atoms with Crippen LogP contribution in [-0.4, -0.2) is 30.4 Å². The van der Waals surface area contributed by atoms with Crippen LogP contribution in [0.15, 0.2) is 53.7 Å². The lowest BCUT2D eigenvalue weighted by molar-refractivity contribution is -0.114. The number of urea groups is 1. The maximum atomic E-state index is 13.3. The van der Waals surface area contributed by atoms with Gasteiger partial charge >= 0.3 is 6.03 Å². The van der Waals surface area contributed by atoms with Gasteiger partial charge in [0.25, 0.3) is 5.91 Å².